The highest BCUT2D eigenvalue weighted by atomic mass is 32.2. The topological polar surface area (TPSA) is 52.3 Å². The number of hydrogen-bond donors (Lipinski definition) is 1. The van der Waals surface area contributed by atoms with Gasteiger partial charge in [-0.3, -0.25) is 0 Å². The van der Waals surface area contributed by atoms with E-state index in [0.29, 0.717) is 0 Å². The van der Waals surface area contributed by atoms with E-state index in [1.165, 1.54) is 11.8 Å². The lowest BCUT2D eigenvalue weighted by atomic mass is 10.2. The van der Waals surface area contributed by atoms with Gasteiger partial charge in [0.1, 0.15) is 0 Å². The molecule has 1 aromatic carbocycles. The molecule has 2 N–H and O–H groups in total. The van der Waals surface area contributed by atoms with Crippen LogP contribution in [0.4, 0.5) is 4.79 Å². The maximum atomic E-state index is 10.5. The lowest BCUT2D eigenvalue weighted by Gasteiger charge is -2.12. The van der Waals surface area contributed by atoms with E-state index >= 15 is 0 Å². The number of thioether (sulfide) groups is 1. The number of nitrogens with two attached hydrogens (primary N) is 1. The third kappa shape index (κ3) is 3.30. The number of amides is 1. The summed E-state index contributed by atoms with van der Waals surface area (Å²) in [6, 6.07) is 7.92. The van der Waals surface area contributed by atoms with Crippen molar-refractivity contribution in [1.29, 1.82) is 0 Å². The van der Waals surface area contributed by atoms with E-state index in [9.17, 15) is 4.79 Å². The zero-order valence-electron chi connectivity index (χ0n) is 8.19. The molecule has 0 aromatic heterocycles. The highest BCUT2D eigenvalue weighted by Crippen LogP contribution is 2.26. The van der Waals surface area contributed by atoms with Crippen molar-refractivity contribution in [2.75, 3.05) is 0 Å². The van der Waals surface area contributed by atoms with Crippen LogP contribution in [0, 0.1) is 6.92 Å². The summed E-state index contributed by atoms with van der Waals surface area (Å²) < 4.78 is 4.81. The van der Waals surface area contributed by atoms with Crippen LogP contribution in [0.5, 0.6) is 0 Å². The smallest absolute Gasteiger partial charge is 0.405 e. The zero-order chi connectivity index (χ0) is 10.6. The molecule has 0 aliphatic carbocycles. The molecular formula is C10H13NO2S. The molecule has 1 aromatic rings. The van der Waals surface area contributed by atoms with Crippen LogP contribution in [-0.4, -0.2) is 11.5 Å². The minimum absolute atomic E-state index is 0.256. The Morgan fingerprint density at radius 2 is 2.14 bits per heavy atom. The number of ether oxygens (including phenoxy) is 1. The highest BCUT2D eigenvalue weighted by molar-refractivity contribution is 7.99. The number of hydrogen-bond acceptors (Lipinski definition) is 3. The van der Waals surface area contributed by atoms with Crippen molar-refractivity contribution in [2.24, 2.45) is 5.73 Å². The third-order valence-corrected chi connectivity index (χ3v) is 2.81. The van der Waals surface area contributed by atoms with Gasteiger partial charge in [0.05, 0.1) is 0 Å². The molecule has 1 atom stereocenters. The van der Waals surface area contributed by atoms with Crippen LogP contribution in [0.1, 0.15) is 12.5 Å². The van der Waals surface area contributed by atoms with Gasteiger partial charge in [-0.2, -0.15) is 0 Å². The van der Waals surface area contributed by atoms with Gasteiger partial charge in [-0.05, 0) is 25.5 Å². The van der Waals surface area contributed by atoms with Crippen molar-refractivity contribution in [3.05, 3.63) is 29.8 Å². The minimum Gasteiger partial charge on any atom is -0.435 e. The molecule has 14 heavy (non-hydrogen) atoms. The summed E-state index contributed by atoms with van der Waals surface area (Å²) in [4.78, 5) is 11.6. The van der Waals surface area contributed by atoms with E-state index in [-0.39, 0.29) is 5.44 Å². The Kier molecular flexibility index (Phi) is 3.83. The Labute approximate surface area is 87.6 Å². The third-order valence-electron chi connectivity index (χ3n) is 1.67. The van der Waals surface area contributed by atoms with Crippen molar-refractivity contribution >= 4 is 17.9 Å². The van der Waals surface area contributed by atoms with Gasteiger partial charge in [0.2, 0.25) is 0 Å². The summed E-state index contributed by atoms with van der Waals surface area (Å²) in [6.45, 7) is 3.81. The first kappa shape index (κ1) is 10.9. The van der Waals surface area contributed by atoms with Crippen molar-refractivity contribution in [2.45, 2.75) is 24.2 Å². The first-order valence-corrected chi connectivity index (χ1v) is 5.16. The van der Waals surface area contributed by atoms with Crippen LogP contribution in [0.3, 0.4) is 0 Å². The lowest BCUT2D eigenvalue weighted by Crippen LogP contribution is -2.17. The molecule has 0 saturated heterocycles. The average Bonchev–Trinajstić information content (AvgIpc) is 2.07. The Morgan fingerprint density at radius 1 is 1.50 bits per heavy atom. The molecule has 3 nitrogen and oxygen atoms in total. The second kappa shape index (κ2) is 4.91. The monoisotopic (exact) mass is 211 g/mol. The fraction of sp³-hybridized carbons (Fsp3) is 0.300. The largest absolute Gasteiger partial charge is 0.435 e. The normalized spacial score (nSPS) is 12.1. The van der Waals surface area contributed by atoms with Gasteiger partial charge in [0, 0.05) is 4.90 Å². The summed E-state index contributed by atoms with van der Waals surface area (Å²) in [5.41, 5.74) is 5.82. The number of rotatable bonds is 3. The Bertz CT molecular complexity index is 328. The fourth-order valence-electron chi connectivity index (χ4n) is 1.06. The van der Waals surface area contributed by atoms with Crippen LogP contribution >= 0.6 is 11.8 Å². The quantitative estimate of drug-likeness (QED) is 0.617. The van der Waals surface area contributed by atoms with E-state index in [0.717, 1.165) is 10.5 Å². The van der Waals surface area contributed by atoms with Crippen LogP contribution < -0.4 is 5.73 Å². The second-order valence-electron chi connectivity index (χ2n) is 2.89. The van der Waals surface area contributed by atoms with Gasteiger partial charge in [0.15, 0.2) is 5.44 Å². The summed E-state index contributed by atoms with van der Waals surface area (Å²) in [7, 11) is 0. The number of benzene rings is 1. The number of carbonyl (C=O) groups excluding carboxylic acids is 1. The summed E-state index contributed by atoms with van der Waals surface area (Å²) in [5, 5.41) is 0. The van der Waals surface area contributed by atoms with E-state index in [2.05, 4.69) is 0 Å². The molecule has 0 saturated carbocycles. The maximum absolute atomic E-state index is 10.5. The van der Waals surface area contributed by atoms with Crippen LogP contribution in [-0.2, 0) is 4.74 Å². The zero-order valence-corrected chi connectivity index (χ0v) is 9.01. The van der Waals surface area contributed by atoms with Gasteiger partial charge < -0.3 is 10.5 Å². The predicted molar refractivity (Wildman–Crippen MR) is 57.2 cm³/mol. The SMILES string of the molecule is Cc1ccccc1SC(C)OC(N)=O. The minimum atomic E-state index is -0.737. The molecule has 1 amide bonds. The first-order chi connectivity index (χ1) is 6.59. The molecular weight excluding hydrogens is 198 g/mol. The standard InChI is InChI=1S/C10H13NO2S/c1-7-5-3-4-6-9(7)14-8(2)13-10(11)12/h3-6,8H,1-2H3,(H2,11,12). The van der Waals surface area contributed by atoms with Gasteiger partial charge in [-0.25, -0.2) is 4.79 Å². The molecule has 0 aliphatic heterocycles. The predicted octanol–water partition coefficient (Wildman–Crippen LogP) is 2.53. The van der Waals surface area contributed by atoms with Gasteiger partial charge in [-0.1, -0.05) is 30.0 Å². The van der Waals surface area contributed by atoms with Gasteiger partial charge in [-0.15, -0.1) is 0 Å². The maximum Gasteiger partial charge on any atom is 0.405 e. The molecule has 1 unspecified atom stereocenters. The summed E-state index contributed by atoms with van der Waals surface area (Å²) in [6.07, 6.45) is -0.737. The molecule has 0 bridgehead atoms. The van der Waals surface area contributed by atoms with Gasteiger partial charge in [0.25, 0.3) is 0 Å². The summed E-state index contributed by atoms with van der Waals surface area (Å²) in [5.74, 6) is 0. The molecule has 0 fully saturated rings. The number of aryl methyl sites for hydroxylation is 1. The molecule has 4 heteroatoms. The van der Waals surface area contributed by atoms with E-state index in [1.807, 2.05) is 31.2 Å². The number of primary amides is 1. The number of carbonyl (C=O) groups is 1. The fourth-order valence-corrected chi connectivity index (χ4v) is 1.97. The Balaban J connectivity index is 2.60. The van der Waals surface area contributed by atoms with E-state index < -0.39 is 6.09 Å². The highest BCUT2D eigenvalue weighted by Gasteiger charge is 2.08. The Hall–Kier alpha value is -1.16. The van der Waals surface area contributed by atoms with Crippen molar-refractivity contribution in [3.63, 3.8) is 0 Å². The van der Waals surface area contributed by atoms with E-state index in [1.54, 1.807) is 6.92 Å². The van der Waals surface area contributed by atoms with Crippen LogP contribution in [0.25, 0.3) is 0 Å². The van der Waals surface area contributed by atoms with Gasteiger partial charge >= 0.3 is 6.09 Å². The van der Waals surface area contributed by atoms with Crippen molar-refractivity contribution < 1.29 is 9.53 Å². The van der Waals surface area contributed by atoms with Crippen LogP contribution in [0.2, 0.25) is 0 Å². The summed E-state index contributed by atoms with van der Waals surface area (Å²) >= 11 is 1.48. The molecule has 0 aliphatic rings. The average molecular weight is 211 g/mol. The van der Waals surface area contributed by atoms with Crippen molar-refractivity contribution in [1.82, 2.24) is 0 Å². The first-order valence-electron chi connectivity index (χ1n) is 4.28. The van der Waals surface area contributed by atoms with Crippen molar-refractivity contribution in [3.8, 4) is 0 Å². The molecule has 1 rings (SSSR count). The van der Waals surface area contributed by atoms with E-state index in [4.69, 9.17) is 10.5 Å². The van der Waals surface area contributed by atoms with Crippen LogP contribution in [0.15, 0.2) is 29.2 Å². The molecule has 76 valence electrons. The molecule has 0 radical (unpaired) electrons. The second-order valence-corrected chi connectivity index (χ2v) is 4.23. The molecule has 0 heterocycles. The Morgan fingerprint density at radius 3 is 2.71 bits per heavy atom. The lowest BCUT2D eigenvalue weighted by molar-refractivity contribution is 0.152. The molecule has 0 spiro atoms.